The monoisotopic (exact) mass is 489 g/mol. The van der Waals surface area contributed by atoms with Crippen molar-refractivity contribution in [2.24, 2.45) is 5.10 Å². The summed E-state index contributed by atoms with van der Waals surface area (Å²) in [6.07, 6.45) is 2.62. The van der Waals surface area contributed by atoms with Crippen LogP contribution in [-0.4, -0.2) is 107 Å². The second-order valence-corrected chi connectivity index (χ2v) is 10.5. The average molecular weight is 490 g/mol. The lowest BCUT2D eigenvalue weighted by atomic mass is 10.0. The summed E-state index contributed by atoms with van der Waals surface area (Å²) in [6, 6.07) is 14.8. The number of benzene rings is 2. The molecule has 0 radical (unpaired) electrons. The number of fused-ring (bicyclic) bond motifs is 1. The van der Waals surface area contributed by atoms with Gasteiger partial charge in [0.05, 0.1) is 12.3 Å². The molecule has 1 unspecified atom stereocenters. The summed E-state index contributed by atoms with van der Waals surface area (Å²) < 4.78 is 0. The molecule has 0 saturated carbocycles. The van der Waals surface area contributed by atoms with Crippen molar-refractivity contribution < 1.29 is 4.79 Å². The molecule has 3 aliphatic heterocycles. The van der Waals surface area contributed by atoms with Crippen molar-refractivity contribution in [1.82, 2.24) is 14.8 Å². The maximum atomic E-state index is 13.5. The van der Waals surface area contributed by atoms with Crippen LogP contribution in [0.4, 0.5) is 21.9 Å². The van der Waals surface area contributed by atoms with E-state index in [0.717, 1.165) is 70.0 Å². The smallest absolute Gasteiger partial charge is 0.344 e. The highest BCUT2D eigenvalue weighted by molar-refractivity contribution is 5.93. The summed E-state index contributed by atoms with van der Waals surface area (Å²) in [5.74, 6) is 0. The minimum Gasteiger partial charge on any atom is -0.369 e. The zero-order valence-electron chi connectivity index (χ0n) is 22.1. The van der Waals surface area contributed by atoms with E-state index < -0.39 is 0 Å². The number of anilines is 3. The Bertz CT molecular complexity index is 1090. The zero-order valence-corrected chi connectivity index (χ0v) is 22.1. The maximum absolute atomic E-state index is 13.5. The van der Waals surface area contributed by atoms with Gasteiger partial charge in [-0.3, -0.25) is 4.90 Å². The molecule has 2 saturated heterocycles. The third kappa shape index (κ3) is 5.20. The Morgan fingerprint density at radius 3 is 2.00 bits per heavy atom. The molecule has 0 N–H and O–H groups in total. The van der Waals surface area contributed by atoms with Crippen LogP contribution in [0, 0.1) is 0 Å². The molecule has 2 amide bonds. The number of piperazine rings is 2. The van der Waals surface area contributed by atoms with Crippen LogP contribution in [0.5, 0.6) is 0 Å². The van der Waals surface area contributed by atoms with E-state index in [1.54, 1.807) is 9.91 Å². The highest BCUT2D eigenvalue weighted by Crippen LogP contribution is 2.26. The standard InChI is InChI=1S/C28H39N7O/c1-22-19-24-20-27(34-17-13-31(3)14-18-34)6-5-23(24)21-29-35(22)28(36)32(4)25-7-9-26(10-8-25)33-15-11-30(2)12-16-33/h5-10,20-22H,11-19H2,1-4H3. The second-order valence-electron chi connectivity index (χ2n) is 10.5. The second kappa shape index (κ2) is 10.5. The number of hydrogen-bond donors (Lipinski definition) is 0. The van der Waals surface area contributed by atoms with Crippen LogP contribution < -0.4 is 14.7 Å². The molecule has 192 valence electrons. The SMILES string of the molecule is CC1Cc2cc(N3CCN(C)CC3)ccc2C=NN1C(=O)N(C)c1ccc(N2CCN(C)CC2)cc1. The highest BCUT2D eigenvalue weighted by Gasteiger charge is 2.27. The van der Waals surface area contributed by atoms with E-state index in [-0.39, 0.29) is 12.1 Å². The molecule has 0 aliphatic carbocycles. The number of nitrogens with zero attached hydrogens (tertiary/aromatic N) is 7. The highest BCUT2D eigenvalue weighted by atomic mass is 16.2. The Hall–Kier alpha value is -3.10. The molecule has 2 aromatic carbocycles. The number of rotatable bonds is 3. The van der Waals surface area contributed by atoms with Crippen LogP contribution in [0.2, 0.25) is 0 Å². The van der Waals surface area contributed by atoms with Gasteiger partial charge in [0.1, 0.15) is 0 Å². The molecule has 2 aromatic rings. The normalized spacial score (nSPS) is 21.3. The summed E-state index contributed by atoms with van der Waals surface area (Å²) in [6.45, 7) is 10.5. The zero-order chi connectivity index (χ0) is 25.2. The van der Waals surface area contributed by atoms with Crippen LogP contribution in [0.25, 0.3) is 0 Å². The Labute approximate surface area is 215 Å². The quantitative estimate of drug-likeness (QED) is 0.664. The number of carbonyl (C=O) groups is 1. The predicted octanol–water partition coefficient (Wildman–Crippen LogP) is 3.03. The van der Waals surface area contributed by atoms with Gasteiger partial charge in [0.15, 0.2) is 0 Å². The van der Waals surface area contributed by atoms with Gasteiger partial charge in [0.25, 0.3) is 0 Å². The molecule has 8 nitrogen and oxygen atoms in total. The van der Waals surface area contributed by atoms with Crippen molar-refractivity contribution in [3.05, 3.63) is 53.6 Å². The first-order chi connectivity index (χ1) is 17.4. The third-order valence-electron chi connectivity index (χ3n) is 7.84. The van der Waals surface area contributed by atoms with Crippen LogP contribution in [0.3, 0.4) is 0 Å². The molecule has 3 heterocycles. The van der Waals surface area contributed by atoms with E-state index >= 15 is 0 Å². The average Bonchev–Trinajstić information content (AvgIpc) is 3.06. The van der Waals surface area contributed by atoms with Gasteiger partial charge >= 0.3 is 6.03 Å². The first-order valence-corrected chi connectivity index (χ1v) is 13.1. The van der Waals surface area contributed by atoms with Crippen LogP contribution >= 0.6 is 0 Å². The van der Waals surface area contributed by atoms with Gasteiger partial charge in [-0.2, -0.15) is 5.10 Å². The summed E-state index contributed by atoms with van der Waals surface area (Å²) in [4.78, 5) is 24.8. The van der Waals surface area contributed by atoms with Crippen LogP contribution in [0.1, 0.15) is 18.1 Å². The molecular weight excluding hydrogens is 450 g/mol. The maximum Gasteiger partial charge on any atom is 0.344 e. The molecule has 3 aliphatic rings. The van der Waals surface area contributed by atoms with Crippen molar-refractivity contribution in [1.29, 1.82) is 0 Å². The van der Waals surface area contributed by atoms with Crippen molar-refractivity contribution in [3.8, 4) is 0 Å². The number of likely N-dealkylation sites (N-methyl/N-ethyl adjacent to an activating group) is 2. The number of urea groups is 1. The lowest BCUT2D eigenvalue weighted by molar-refractivity contribution is 0.190. The molecule has 36 heavy (non-hydrogen) atoms. The van der Waals surface area contributed by atoms with Crippen molar-refractivity contribution >= 4 is 29.3 Å². The van der Waals surface area contributed by atoms with Crippen molar-refractivity contribution in [3.63, 3.8) is 0 Å². The van der Waals surface area contributed by atoms with Crippen LogP contribution in [-0.2, 0) is 6.42 Å². The first kappa shape index (κ1) is 24.6. The van der Waals surface area contributed by atoms with Gasteiger partial charge in [-0.25, -0.2) is 9.80 Å². The molecule has 0 bridgehead atoms. The Morgan fingerprint density at radius 2 is 1.39 bits per heavy atom. The summed E-state index contributed by atoms with van der Waals surface area (Å²) in [5, 5.41) is 6.26. The lowest BCUT2D eigenvalue weighted by Gasteiger charge is -2.34. The Balaban J connectivity index is 1.26. The molecule has 5 rings (SSSR count). The van der Waals surface area contributed by atoms with Gasteiger partial charge in [-0.15, -0.1) is 0 Å². The van der Waals surface area contributed by atoms with E-state index in [2.05, 4.69) is 76.1 Å². The Morgan fingerprint density at radius 1 is 0.833 bits per heavy atom. The molecule has 2 fully saturated rings. The fourth-order valence-corrected chi connectivity index (χ4v) is 5.25. The van der Waals surface area contributed by atoms with Gasteiger partial charge in [-0.05, 0) is 75.0 Å². The molecule has 1 atom stereocenters. The van der Waals surface area contributed by atoms with Gasteiger partial charge in [0, 0.05) is 76.5 Å². The van der Waals surface area contributed by atoms with E-state index in [1.165, 1.54) is 16.9 Å². The van der Waals surface area contributed by atoms with E-state index in [1.807, 2.05) is 25.4 Å². The fraction of sp³-hybridized carbons (Fsp3) is 0.500. The summed E-state index contributed by atoms with van der Waals surface area (Å²) in [5.41, 5.74) is 5.69. The van der Waals surface area contributed by atoms with E-state index in [0.29, 0.717) is 0 Å². The van der Waals surface area contributed by atoms with Gasteiger partial charge in [0.2, 0.25) is 0 Å². The number of hydrogen-bond acceptors (Lipinski definition) is 6. The molecular formula is C28H39N7O. The minimum atomic E-state index is -0.113. The number of hydrazone groups is 1. The van der Waals surface area contributed by atoms with Crippen molar-refractivity contribution in [2.45, 2.75) is 19.4 Å². The van der Waals surface area contributed by atoms with Gasteiger partial charge in [-0.1, -0.05) is 6.07 Å². The molecule has 8 heteroatoms. The minimum absolute atomic E-state index is 0.0372. The van der Waals surface area contributed by atoms with E-state index in [9.17, 15) is 4.79 Å². The predicted molar refractivity (Wildman–Crippen MR) is 149 cm³/mol. The largest absolute Gasteiger partial charge is 0.369 e. The van der Waals surface area contributed by atoms with Crippen molar-refractivity contribution in [2.75, 3.05) is 88.2 Å². The number of carbonyl (C=O) groups excluding carboxylic acids is 1. The Kier molecular flexibility index (Phi) is 7.16. The van der Waals surface area contributed by atoms with Crippen LogP contribution in [0.15, 0.2) is 47.6 Å². The summed E-state index contributed by atoms with van der Waals surface area (Å²) >= 11 is 0. The molecule has 0 spiro atoms. The third-order valence-corrected chi connectivity index (χ3v) is 7.84. The molecule has 0 aromatic heterocycles. The number of amides is 2. The summed E-state index contributed by atoms with van der Waals surface area (Å²) in [7, 11) is 6.17. The fourth-order valence-electron chi connectivity index (χ4n) is 5.25. The van der Waals surface area contributed by atoms with E-state index in [4.69, 9.17) is 0 Å². The topological polar surface area (TPSA) is 48.9 Å². The first-order valence-electron chi connectivity index (χ1n) is 13.1. The van der Waals surface area contributed by atoms with Gasteiger partial charge < -0.3 is 19.6 Å². The lowest BCUT2D eigenvalue weighted by Crippen LogP contribution is -2.44.